The highest BCUT2D eigenvalue weighted by Gasteiger charge is 2.08. The molecule has 0 saturated heterocycles. The lowest BCUT2D eigenvalue weighted by molar-refractivity contribution is -0.146. The fraction of sp³-hybridized carbons (Fsp3) is 0.385. The zero-order valence-corrected chi connectivity index (χ0v) is 11.2. The summed E-state index contributed by atoms with van der Waals surface area (Å²) in [5.74, 6) is 0.110. The number of para-hydroxylation sites is 1. The monoisotopic (exact) mass is 267 g/mol. The van der Waals surface area contributed by atoms with E-state index in [9.17, 15) is 4.79 Å². The van der Waals surface area contributed by atoms with Crippen LogP contribution < -0.4 is 10.5 Å². The minimum atomic E-state index is -0.388. The first-order valence-electron chi connectivity index (χ1n) is 5.82. The first-order valence-corrected chi connectivity index (χ1v) is 6.23. The summed E-state index contributed by atoms with van der Waals surface area (Å²) in [7, 11) is 0. The van der Waals surface area contributed by atoms with E-state index in [2.05, 4.69) is 0 Å². The van der Waals surface area contributed by atoms with Crippen molar-refractivity contribution in [3.05, 3.63) is 29.8 Å². The van der Waals surface area contributed by atoms with E-state index in [1.54, 1.807) is 24.3 Å². The van der Waals surface area contributed by atoms with Gasteiger partial charge in [0.1, 0.15) is 10.7 Å². The van der Waals surface area contributed by atoms with Crippen molar-refractivity contribution in [2.24, 2.45) is 5.73 Å². The Balaban J connectivity index is 2.48. The van der Waals surface area contributed by atoms with Crippen LogP contribution in [0.1, 0.15) is 25.3 Å². The Morgan fingerprint density at radius 3 is 2.78 bits per heavy atom. The number of nitrogens with two attached hydrogens (primary N) is 1. The highest BCUT2D eigenvalue weighted by Crippen LogP contribution is 2.17. The van der Waals surface area contributed by atoms with Crippen molar-refractivity contribution in [3.8, 4) is 5.75 Å². The van der Waals surface area contributed by atoms with Crippen LogP contribution in [0.4, 0.5) is 0 Å². The molecule has 0 aliphatic heterocycles. The van der Waals surface area contributed by atoms with Crippen LogP contribution in [0.3, 0.4) is 0 Å². The van der Waals surface area contributed by atoms with Crippen molar-refractivity contribution >= 4 is 23.2 Å². The number of thiocarbonyl (C=S) groups is 1. The normalized spacial score (nSPS) is 9.83. The number of esters is 1. The van der Waals surface area contributed by atoms with Gasteiger partial charge in [-0.2, -0.15) is 0 Å². The van der Waals surface area contributed by atoms with E-state index < -0.39 is 0 Å². The molecule has 4 nitrogen and oxygen atoms in total. The maximum Gasteiger partial charge on any atom is 0.344 e. The predicted octanol–water partition coefficient (Wildman–Crippen LogP) is 2.04. The number of hydrogen-bond acceptors (Lipinski definition) is 4. The van der Waals surface area contributed by atoms with Gasteiger partial charge in [-0.15, -0.1) is 0 Å². The molecule has 0 aliphatic rings. The van der Waals surface area contributed by atoms with Crippen molar-refractivity contribution in [1.29, 1.82) is 0 Å². The van der Waals surface area contributed by atoms with E-state index in [0.29, 0.717) is 17.9 Å². The summed E-state index contributed by atoms with van der Waals surface area (Å²) in [4.78, 5) is 11.6. The summed E-state index contributed by atoms with van der Waals surface area (Å²) < 4.78 is 10.3. The lowest BCUT2D eigenvalue weighted by atomic mass is 10.2. The molecule has 0 fully saturated rings. The average Bonchev–Trinajstić information content (AvgIpc) is 2.37. The molecule has 0 aromatic heterocycles. The molecule has 5 heteroatoms. The number of hydrogen-bond donors (Lipinski definition) is 1. The fourth-order valence-electron chi connectivity index (χ4n) is 1.30. The van der Waals surface area contributed by atoms with Gasteiger partial charge in [0.2, 0.25) is 0 Å². The minimum Gasteiger partial charge on any atom is -0.481 e. The molecular formula is C13H17NO3S. The molecule has 0 spiro atoms. The van der Waals surface area contributed by atoms with Crippen LogP contribution in [-0.2, 0) is 9.53 Å². The average molecular weight is 267 g/mol. The third-order valence-corrected chi connectivity index (χ3v) is 2.48. The third kappa shape index (κ3) is 4.71. The van der Waals surface area contributed by atoms with Crippen LogP contribution in [-0.4, -0.2) is 24.2 Å². The van der Waals surface area contributed by atoms with Gasteiger partial charge in [0, 0.05) is 0 Å². The van der Waals surface area contributed by atoms with Gasteiger partial charge in [-0.05, 0) is 18.6 Å². The first kappa shape index (κ1) is 14.4. The summed E-state index contributed by atoms with van der Waals surface area (Å²) in [6.07, 6.45) is 1.84. The van der Waals surface area contributed by atoms with E-state index >= 15 is 0 Å². The van der Waals surface area contributed by atoms with Crippen molar-refractivity contribution in [1.82, 2.24) is 0 Å². The van der Waals surface area contributed by atoms with Gasteiger partial charge < -0.3 is 15.2 Å². The molecule has 0 radical (unpaired) electrons. The Hall–Kier alpha value is -1.62. The molecular weight excluding hydrogens is 250 g/mol. The second kappa shape index (κ2) is 7.66. The standard InChI is InChI=1S/C13H17NO3S/c1-2-3-8-16-12(15)9-17-11-7-5-4-6-10(11)13(14)18/h4-7H,2-3,8-9H2,1H3,(H2,14,18). The second-order valence-electron chi connectivity index (χ2n) is 3.72. The Labute approximate surface area is 112 Å². The van der Waals surface area contributed by atoms with Crippen molar-refractivity contribution in [3.63, 3.8) is 0 Å². The molecule has 98 valence electrons. The van der Waals surface area contributed by atoms with Crippen LogP contribution in [0.5, 0.6) is 5.75 Å². The summed E-state index contributed by atoms with van der Waals surface area (Å²) in [6.45, 7) is 2.32. The number of carbonyl (C=O) groups is 1. The summed E-state index contributed by atoms with van der Waals surface area (Å²) >= 11 is 4.90. The molecule has 1 aromatic rings. The smallest absolute Gasteiger partial charge is 0.344 e. The topological polar surface area (TPSA) is 61.5 Å². The number of unbranched alkanes of at least 4 members (excludes halogenated alkanes) is 1. The van der Waals surface area contributed by atoms with Gasteiger partial charge >= 0.3 is 5.97 Å². The van der Waals surface area contributed by atoms with Crippen LogP contribution >= 0.6 is 12.2 Å². The third-order valence-electron chi connectivity index (χ3n) is 2.26. The molecule has 0 aliphatic carbocycles. The highest BCUT2D eigenvalue weighted by molar-refractivity contribution is 7.80. The number of rotatable bonds is 7. The molecule has 1 aromatic carbocycles. The Morgan fingerprint density at radius 2 is 2.11 bits per heavy atom. The van der Waals surface area contributed by atoms with E-state index in [4.69, 9.17) is 27.4 Å². The van der Waals surface area contributed by atoms with Crippen molar-refractivity contribution < 1.29 is 14.3 Å². The molecule has 18 heavy (non-hydrogen) atoms. The van der Waals surface area contributed by atoms with Crippen molar-refractivity contribution in [2.75, 3.05) is 13.2 Å². The number of carbonyl (C=O) groups excluding carboxylic acids is 1. The Bertz CT molecular complexity index is 420. The maximum absolute atomic E-state index is 11.4. The van der Waals surface area contributed by atoms with Crippen LogP contribution in [0.25, 0.3) is 0 Å². The Morgan fingerprint density at radius 1 is 1.39 bits per heavy atom. The summed E-state index contributed by atoms with van der Waals surface area (Å²) in [5.41, 5.74) is 6.17. The Kier molecular flexibility index (Phi) is 6.14. The minimum absolute atomic E-state index is 0.136. The van der Waals surface area contributed by atoms with Gasteiger partial charge in [0.05, 0.1) is 12.2 Å². The zero-order valence-electron chi connectivity index (χ0n) is 10.3. The quantitative estimate of drug-likeness (QED) is 0.465. The van der Waals surface area contributed by atoms with E-state index in [1.165, 1.54) is 0 Å². The van der Waals surface area contributed by atoms with E-state index in [1.807, 2.05) is 6.92 Å². The first-order chi connectivity index (χ1) is 8.65. The lowest BCUT2D eigenvalue weighted by Gasteiger charge is -2.10. The van der Waals surface area contributed by atoms with Gasteiger partial charge in [0.25, 0.3) is 0 Å². The zero-order chi connectivity index (χ0) is 13.4. The van der Waals surface area contributed by atoms with Gasteiger partial charge in [-0.25, -0.2) is 4.79 Å². The molecule has 0 saturated carbocycles. The van der Waals surface area contributed by atoms with Crippen LogP contribution in [0.15, 0.2) is 24.3 Å². The molecule has 2 N–H and O–H groups in total. The SMILES string of the molecule is CCCCOC(=O)COc1ccccc1C(N)=S. The molecule has 0 atom stereocenters. The van der Waals surface area contributed by atoms with Gasteiger partial charge in [-0.3, -0.25) is 0 Å². The largest absolute Gasteiger partial charge is 0.481 e. The lowest BCUT2D eigenvalue weighted by Crippen LogP contribution is -2.18. The summed E-state index contributed by atoms with van der Waals surface area (Å²) in [5, 5.41) is 0. The van der Waals surface area contributed by atoms with Crippen molar-refractivity contribution in [2.45, 2.75) is 19.8 Å². The fourth-order valence-corrected chi connectivity index (χ4v) is 1.47. The maximum atomic E-state index is 11.4. The van der Waals surface area contributed by atoms with Gasteiger partial charge in [0.15, 0.2) is 6.61 Å². The predicted molar refractivity (Wildman–Crippen MR) is 73.7 cm³/mol. The molecule has 0 unspecified atom stereocenters. The van der Waals surface area contributed by atoms with E-state index in [0.717, 1.165) is 12.8 Å². The second-order valence-corrected chi connectivity index (χ2v) is 4.16. The van der Waals surface area contributed by atoms with Crippen LogP contribution in [0.2, 0.25) is 0 Å². The van der Waals surface area contributed by atoms with E-state index in [-0.39, 0.29) is 17.6 Å². The number of benzene rings is 1. The van der Waals surface area contributed by atoms with Gasteiger partial charge in [-0.1, -0.05) is 37.7 Å². The highest BCUT2D eigenvalue weighted by atomic mass is 32.1. The molecule has 0 heterocycles. The summed E-state index contributed by atoms with van der Waals surface area (Å²) in [6, 6.07) is 7.06. The number of ether oxygens (including phenoxy) is 2. The molecule has 0 amide bonds. The van der Waals surface area contributed by atoms with Crippen LogP contribution in [0, 0.1) is 0 Å². The molecule has 0 bridgehead atoms. The molecule has 1 rings (SSSR count).